The minimum Gasteiger partial charge on any atom is -0.340 e. The Morgan fingerprint density at radius 1 is 1.12 bits per heavy atom. The largest absolute Gasteiger partial charge is 0.340 e. The molecule has 0 atom stereocenters. The second-order valence-corrected chi connectivity index (χ2v) is 8.97. The number of benzene rings is 1. The molecule has 0 spiro atoms. The number of nitrogens with zero attached hydrogens (tertiary/aromatic N) is 2. The molecule has 0 radical (unpaired) electrons. The van der Waals surface area contributed by atoms with Crippen molar-refractivity contribution in [3.63, 3.8) is 0 Å². The maximum absolute atomic E-state index is 12.7. The summed E-state index contributed by atoms with van der Waals surface area (Å²) in [6, 6.07) is 4.81. The number of hydrogen-bond donors (Lipinski definition) is 0. The minimum absolute atomic E-state index is 0.143. The van der Waals surface area contributed by atoms with E-state index in [4.69, 9.17) is 11.6 Å². The third-order valence-corrected chi connectivity index (χ3v) is 7.34. The van der Waals surface area contributed by atoms with E-state index in [9.17, 15) is 13.2 Å². The number of rotatable bonds is 3. The van der Waals surface area contributed by atoms with Gasteiger partial charge in [-0.1, -0.05) is 30.5 Å². The first-order chi connectivity index (χ1) is 11.4. The molecule has 1 aliphatic heterocycles. The van der Waals surface area contributed by atoms with Crippen molar-refractivity contribution < 1.29 is 13.2 Å². The van der Waals surface area contributed by atoms with E-state index in [0.717, 1.165) is 31.2 Å². The van der Waals surface area contributed by atoms with E-state index < -0.39 is 10.0 Å². The van der Waals surface area contributed by atoms with Crippen LogP contribution in [-0.4, -0.2) is 49.7 Å². The predicted molar refractivity (Wildman–Crippen MR) is 93.5 cm³/mol. The monoisotopic (exact) mass is 370 g/mol. The Bertz CT molecular complexity index is 721. The molecule has 1 saturated carbocycles. The third-order valence-electron chi connectivity index (χ3n) is 5.04. The second-order valence-electron chi connectivity index (χ2n) is 6.62. The highest BCUT2D eigenvalue weighted by Gasteiger charge is 2.33. The van der Waals surface area contributed by atoms with Gasteiger partial charge in [-0.3, -0.25) is 4.79 Å². The molecule has 0 bridgehead atoms. The number of aryl methyl sites for hydroxylation is 1. The fourth-order valence-corrected chi connectivity index (χ4v) is 5.16. The highest BCUT2D eigenvalue weighted by Crippen LogP contribution is 2.28. The van der Waals surface area contributed by atoms with Gasteiger partial charge in [-0.15, -0.1) is 0 Å². The van der Waals surface area contributed by atoms with Crippen LogP contribution in [0.25, 0.3) is 0 Å². The first kappa shape index (κ1) is 17.7. The second kappa shape index (κ2) is 7.02. The van der Waals surface area contributed by atoms with Gasteiger partial charge in [0.1, 0.15) is 0 Å². The Balaban J connectivity index is 1.67. The maximum Gasteiger partial charge on any atom is 0.243 e. The number of hydrogen-bond acceptors (Lipinski definition) is 3. The molecule has 1 heterocycles. The molecule has 5 nitrogen and oxygen atoms in total. The zero-order chi connectivity index (χ0) is 17.3. The lowest BCUT2D eigenvalue weighted by Gasteiger charge is -2.35. The van der Waals surface area contributed by atoms with Gasteiger partial charge in [0.2, 0.25) is 15.9 Å². The summed E-state index contributed by atoms with van der Waals surface area (Å²) in [5.41, 5.74) is 0.850. The summed E-state index contributed by atoms with van der Waals surface area (Å²) in [7, 11) is -3.56. The molecule has 132 valence electrons. The van der Waals surface area contributed by atoms with Crippen LogP contribution in [0.15, 0.2) is 23.1 Å². The topological polar surface area (TPSA) is 57.7 Å². The Morgan fingerprint density at radius 2 is 1.75 bits per heavy atom. The highest BCUT2D eigenvalue weighted by molar-refractivity contribution is 7.89. The lowest BCUT2D eigenvalue weighted by Crippen LogP contribution is -2.51. The summed E-state index contributed by atoms with van der Waals surface area (Å²) >= 11 is 6.06. The van der Waals surface area contributed by atoms with Crippen LogP contribution in [0.3, 0.4) is 0 Å². The highest BCUT2D eigenvalue weighted by atomic mass is 35.5. The first-order valence-electron chi connectivity index (χ1n) is 8.44. The van der Waals surface area contributed by atoms with Gasteiger partial charge in [0.25, 0.3) is 0 Å². The van der Waals surface area contributed by atoms with Gasteiger partial charge in [0, 0.05) is 37.1 Å². The van der Waals surface area contributed by atoms with Crippen molar-refractivity contribution in [1.29, 1.82) is 0 Å². The molecule has 0 N–H and O–H groups in total. The van der Waals surface area contributed by atoms with E-state index in [0.29, 0.717) is 31.2 Å². The molecule has 2 aliphatic rings. The van der Waals surface area contributed by atoms with Gasteiger partial charge in [-0.2, -0.15) is 4.31 Å². The molecule has 0 aromatic heterocycles. The average molecular weight is 371 g/mol. The molecule has 1 amide bonds. The normalized spacial score (nSPS) is 20.5. The van der Waals surface area contributed by atoms with Gasteiger partial charge in [-0.05, 0) is 37.5 Å². The fourth-order valence-electron chi connectivity index (χ4n) is 3.46. The van der Waals surface area contributed by atoms with Crippen LogP contribution in [0.1, 0.15) is 31.2 Å². The van der Waals surface area contributed by atoms with Crippen molar-refractivity contribution in [2.75, 3.05) is 26.2 Å². The number of carbonyl (C=O) groups excluding carboxylic acids is 1. The van der Waals surface area contributed by atoms with Crippen LogP contribution >= 0.6 is 11.6 Å². The molecule has 1 aromatic carbocycles. The Morgan fingerprint density at radius 3 is 2.33 bits per heavy atom. The molecule has 1 aliphatic carbocycles. The zero-order valence-corrected chi connectivity index (χ0v) is 15.4. The number of piperazine rings is 1. The molecule has 2 fully saturated rings. The summed E-state index contributed by atoms with van der Waals surface area (Å²) in [4.78, 5) is 14.5. The van der Waals surface area contributed by atoms with E-state index in [2.05, 4.69) is 0 Å². The third kappa shape index (κ3) is 3.46. The van der Waals surface area contributed by atoms with Crippen molar-refractivity contribution >= 4 is 27.5 Å². The van der Waals surface area contributed by atoms with Gasteiger partial charge in [-0.25, -0.2) is 8.42 Å². The van der Waals surface area contributed by atoms with E-state index in [1.54, 1.807) is 12.1 Å². The lowest BCUT2D eigenvalue weighted by atomic mass is 10.1. The minimum atomic E-state index is -3.56. The van der Waals surface area contributed by atoms with Crippen molar-refractivity contribution in [1.82, 2.24) is 9.21 Å². The van der Waals surface area contributed by atoms with Crippen molar-refractivity contribution in [3.8, 4) is 0 Å². The summed E-state index contributed by atoms with van der Waals surface area (Å²) in [5, 5.41) is 0.450. The van der Waals surface area contributed by atoms with Crippen molar-refractivity contribution in [3.05, 3.63) is 28.8 Å². The number of halogens is 1. The SMILES string of the molecule is Cc1ccc(S(=O)(=O)N2CCN(C(=O)C3CCCC3)CC2)cc1Cl. The molecular formula is C17H23ClN2O3S. The van der Waals surface area contributed by atoms with Gasteiger partial charge in [0.15, 0.2) is 0 Å². The zero-order valence-electron chi connectivity index (χ0n) is 13.9. The van der Waals surface area contributed by atoms with Crippen LogP contribution in [0, 0.1) is 12.8 Å². The van der Waals surface area contributed by atoms with Crippen LogP contribution in [0.4, 0.5) is 0 Å². The number of carbonyl (C=O) groups is 1. The smallest absolute Gasteiger partial charge is 0.243 e. The van der Waals surface area contributed by atoms with Crippen molar-refractivity contribution in [2.45, 2.75) is 37.5 Å². The molecule has 1 aromatic rings. The predicted octanol–water partition coefficient (Wildman–Crippen LogP) is 2.67. The van der Waals surface area contributed by atoms with Crippen molar-refractivity contribution in [2.24, 2.45) is 5.92 Å². The summed E-state index contributed by atoms with van der Waals surface area (Å²) < 4.78 is 26.9. The van der Waals surface area contributed by atoms with Gasteiger partial charge in [0.05, 0.1) is 4.90 Å². The van der Waals surface area contributed by atoms with E-state index in [1.165, 1.54) is 10.4 Å². The molecular weight excluding hydrogens is 348 g/mol. The quantitative estimate of drug-likeness (QED) is 0.821. The van der Waals surface area contributed by atoms with E-state index >= 15 is 0 Å². The molecule has 1 saturated heterocycles. The van der Waals surface area contributed by atoms with Crippen LogP contribution in [-0.2, 0) is 14.8 Å². The lowest BCUT2D eigenvalue weighted by molar-refractivity contribution is -0.136. The summed E-state index contributed by atoms with van der Waals surface area (Å²) in [6.45, 7) is 3.45. The van der Waals surface area contributed by atoms with E-state index in [1.807, 2.05) is 11.8 Å². The number of amides is 1. The maximum atomic E-state index is 12.7. The van der Waals surface area contributed by atoms with Crippen LogP contribution in [0.5, 0.6) is 0 Å². The average Bonchev–Trinajstić information content (AvgIpc) is 3.11. The molecule has 7 heteroatoms. The van der Waals surface area contributed by atoms with Gasteiger partial charge >= 0.3 is 0 Å². The van der Waals surface area contributed by atoms with Crippen LogP contribution < -0.4 is 0 Å². The Hall–Kier alpha value is -1.11. The van der Waals surface area contributed by atoms with Gasteiger partial charge < -0.3 is 4.90 Å². The molecule has 0 unspecified atom stereocenters. The molecule has 24 heavy (non-hydrogen) atoms. The Kier molecular flexibility index (Phi) is 5.18. The first-order valence-corrected chi connectivity index (χ1v) is 10.3. The fraction of sp³-hybridized carbons (Fsp3) is 0.588. The standard InChI is InChI=1S/C17H23ClN2O3S/c1-13-6-7-15(12-16(13)18)24(22,23)20-10-8-19(9-11-20)17(21)14-4-2-3-5-14/h6-7,12,14H,2-5,8-11H2,1H3. The summed E-state index contributed by atoms with van der Waals surface area (Å²) in [5.74, 6) is 0.340. The molecule has 3 rings (SSSR count). The Labute approximate surface area is 148 Å². The number of sulfonamides is 1. The summed E-state index contributed by atoms with van der Waals surface area (Å²) in [6.07, 6.45) is 4.19. The van der Waals surface area contributed by atoms with Crippen LogP contribution in [0.2, 0.25) is 5.02 Å². The van der Waals surface area contributed by atoms with E-state index in [-0.39, 0.29) is 16.7 Å².